The van der Waals surface area contributed by atoms with Crippen LogP contribution in [0.5, 0.6) is 5.75 Å². The summed E-state index contributed by atoms with van der Waals surface area (Å²) in [4.78, 5) is 11.4. The SMILES string of the molecule is COc1ccc(N)c(SCc2cc(Cl)ccc2[N+](=O)[O-])c1. The van der Waals surface area contributed by atoms with Crippen molar-refractivity contribution in [2.45, 2.75) is 10.6 Å². The fourth-order valence-corrected chi connectivity index (χ4v) is 2.94. The maximum atomic E-state index is 11.0. The van der Waals surface area contributed by atoms with E-state index in [2.05, 4.69) is 0 Å². The van der Waals surface area contributed by atoms with Gasteiger partial charge in [0.2, 0.25) is 0 Å². The summed E-state index contributed by atoms with van der Waals surface area (Å²) in [6.07, 6.45) is 0. The van der Waals surface area contributed by atoms with Crippen LogP contribution >= 0.6 is 23.4 Å². The van der Waals surface area contributed by atoms with Crippen molar-refractivity contribution in [1.82, 2.24) is 0 Å². The van der Waals surface area contributed by atoms with Crippen LogP contribution in [0.2, 0.25) is 5.02 Å². The summed E-state index contributed by atoms with van der Waals surface area (Å²) in [5, 5.41) is 11.5. The normalized spacial score (nSPS) is 10.4. The number of hydrogen-bond acceptors (Lipinski definition) is 5. The first-order valence-electron chi connectivity index (χ1n) is 6.00. The Morgan fingerprint density at radius 3 is 2.76 bits per heavy atom. The summed E-state index contributed by atoms with van der Waals surface area (Å²) in [6.45, 7) is 0. The predicted octanol–water partition coefficient (Wildman–Crippen LogP) is 4.13. The van der Waals surface area contributed by atoms with Gasteiger partial charge >= 0.3 is 0 Å². The molecule has 2 aromatic carbocycles. The molecule has 0 radical (unpaired) electrons. The molecule has 0 aromatic heterocycles. The smallest absolute Gasteiger partial charge is 0.273 e. The lowest BCUT2D eigenvalue weighted by Crippen LogP contribution is -1.95. The van der Waals surface area contributed by atoms with Crippen molar-refractivity contribution in [3.05, 3.63) is 57.1 Å². The molecule has 0 fully saturated rings. The van der Waals surface area contributed by atoms with Crippen LogP contribution in [0.4, 0.5) is 11.4 Å². The Morgan fingerprint density at radius 2 is 2.10 bits per heavy atom. The van der Waals surface area contributed by atoms with Crippen molar-refractivity contribution in [2.24, 2.45) is 0 Å². The lowest BCUT2D eigenvalue weighted by molar-refractivity contribution is -0.385. The van der Waals surface area contributed by atoms with Crippen LogP contribution in [0.15, 0.2) is 41.3 Å². The van der Waals surface area contributed by atoms with Gasteiger partial charge in [-0.2, -0.15) is 0 Å². The number of rotatable bonds is 5. The van der Waals surface area contributed by atoms with E-state index in [4.69, 9.17) is 22.1 Å². The van der Waals surface area contributed by atoms with Gasteiger partial charge in [-0.05, 0) is 30.3 Å². The maximum Gasteiger partial charge on any atom is 0.273 e. The van der Waals surface area contributed by atoms with Crippen LogP contribution in [0, 0.1) is 10.1 Å². The minimum atomic E-state index is -0.416. The number of thioether (sulfide) groups is 1. The summed E-state index contributed by atoms with van der Waals surface area (Å²) in [5.41, 5.74) is 7.11. The first-order valence-corrected chi connectivity index (χ1v) is 7.36. The van der Waals surface area contributed by atoms with E-state index in [0.29, 0.717) is 27.8 Å². The average Bonchev–Trinajstić information content (AvgIpc) is 2.46. The van der Waals surface area contributed by atoms with Gasteiger partial charge in [-0.3, -0.25) is 10.1 Å². The minimum Gasteiger partial charge on any atom is -0.497 e. The van der Waals surface area contributed by atoms with E-state index >= 15 is 0 Å². The quantitative estimate of drug-likeness (QED) is 0.387. The first-order chi connectivity index (χ1) is 10.0. The number of nitrogens with zero attached hydrogens (tertiary/aromatic N) is 1. The molecule has 7 heteroatoms. The molecular formula is C14H13ClN2O3S. The Labute approximate surface area is 131 Å². The highest BCUT2D eigenvalue weighted by atomic mass is 35.5. The third-order valence-corrected chi connectivity index (χ3v) is 4.20. The molecule has 2 N–H and O–H groups in total. The molecule has 0 heterocycles. The van der Waals surface area contributed by atoms with Crippen molar-refractivity contribution < 1.29 is 9.66 Å². The largest absolute Gasteiger partial charge is 0.497 e. The summed E-state index contributed by atoms with van der Waals surface area (Å²) in [5.74, 6) is 1.08. The second kappa shape index (κ2) is 6.69. The number of halogens is 1. The highest BCUT2D eigenvalue weighted by molar-refractivity contribution is 7.98. The number of nitro benzene ring substituents is 1. The van der Waals surface area contributed by atoms with Gasteiger partial charge in [0.25, 0.3) is 5.69 Å². The zero-order valence-electron chi connectivity index (χ0n) is 11.2. The number of ether oxygens (including phenoxy) is 1. The van der Waals surface area contributed by atoms with Crippen LogP contribution in [-0.2, 0) is 5.75 Å². The second-order valence-corrected chi connectivity index (χ2v) is 5.68. The lowest BCUT2D eigenvalue weighted by atomic mass is 10.2. The van der Waals surface area contributed by atoms with Crippen molar-refractivity contribution in [3.8, 4) is 5.75 Å². The van der Waals surface area contributed by atoms with Gasteiger partial charge in [-0.15, -0.1) is 11.8 Å². The van der Waals surface area contributed by atoms with Gasteiger partial charge in [0.15, 0.2) is 0 Å². The van der Waals surface area contributed by atoms with E-state index in [1.165, 1.54) is 23.9 Å². The zero-order valence-corrected chi connectivity index (χ0v) is 12.8. The highest BCUT2D eigenvalue weighted by Gasteiger charge is 2.14. The molecular weight excluding hydrogens is 312 g/mol. The molecule has 0 spiro atoms. The molecule has 5 nitrogen and oxygen atoms in total. The molecule has 110 valence electrons. The van der Waals surface area contributed by atoms with Gasteiger partial charge < -0.3 is 10.5 Å². The fraction of sp³-hybridized carbons (Fsp3) is 0.143. The van der Waals surface area contributed by atoms with Crippen molar-refractivity contribution >= 4 is 34.7 Å². The number of benzene rings is 2. The lowest BCUT2D eigenvalue weighted by Gasteiger charge is -2.08. The molecule has 0 bridgehead atoms. The summed E-state index contributed by atoms with van der Waals surface area (Å²) in [6, 6.07) is 9.83. The highest BCUT2D eigenvalue weighted by Crippen LogP contribution is 2.34. The molecule has 21 heavy (non-hydrogen) atoms. The number of nitrogens with two attached hydrogens (primary N) is 1. The van der Waals surface area contributed by atoms with Crippen LogP contribution < -0.4 is 10.5 Å². The van der Waals surface area contributed by atoms with E-state index < -0.39 is 4.92 Å². The Morgan fingerprint density at radius 1 is 1.33 bits per heavy atom. The minimum absolute atomic E-state index is 0.0494. The fourth-order valence-electron chi connectivity index (χ4n) is 1.77. The van der Waals surface area contributed by atoms with E-state index in [9.17, 15) is 10.1 Å². The molecule has 0 aliphatic heterocycles. The molecule has 0 saturated heterocycles. The Hall–Kier alpha value is -1.92. The number of hydrogen-bond donors (Lipinski definition) is 1. The monoisotopic (exact) mass is 324 g/mol. The second-order valence-electron chi connectivity index (χ2n) is 4.22. The molecule has 0 amide bonds. The Kier molecular flexibility index (Phi) is 4.93. The van der Waals surface area contributed by atoms with Gasteiger partial charge in [-0.1, -0.05) is 11.6 Å². The molecule has 0 atom stereocenters. The topological polar surface area (TPSA) is 78.4 Å². The number of nitrogen functional groups attached to an aromatic ring is 1. The van der Waals surface area contributed by atoms with E-state index in [1.54, 1.807) is 31.4 Å². The molecule has 2 rings (SSSR count). The molecule has 0 aliphatic rings. The summed E-state index contributed by atoms with van der Waals surface area (Å²) in [7, 11) is 1.57. The standard InChI is InChI=1S/C14H13ClN2O3S/c1-20-11-3-4-12(16)14(7-11)21-8-9-6-10(15)2-5-13(9)17(18)19/h2-7H,8,16H2,1H3. The van der Waals surface area contributed by atoms with Crippen LogP contribution in [0.3, 0.4) is 0 Å². The third-order valence-electron chi connectivity index (χ3n) is 2.84. The zero-order chi connectivity index (χ0) is 15.4. The van der Waals surface area contributed by atoms with E-state index in [1.807, 2.05) is 0 Å². The van der Waals surface area contributed by atoms with Crippen LogP contribution in [0.1, 0.15) is 5.56 Å². The summed E-state index contributed by atoms with van der Waals surface area (Å²) < 4.78 is 5.14. The van der Waals surface area contributed by atoms with Crippen molar-refractivity contribution in [1.29, 1.82) is 0 Å². The van der Waals surface area contributed by atoms with Crippen molar-refractivity contribution in [3.63, 3.8) is 0 Å². The van der Waals surface area contributed by atoms with Crippen LogP contribution in [0.25, 0.3) is 0 Å². The first kappa shape index (κ1) is 15.5. The van der Waals surface area contributed by atoms with E-state index in [0.717, 1.165) is 4.90 Å². The number of nitro groups is 1. The Balaban J connectivity index is 2.24. The molecule has 2 aromatic rings. The predicted molar refractivity (Wildman–Crippen MR) is 85.1 cm³/mol. The number of anilines is 1. The van der Waals surface area contributed by atoms with Gasteiger partial charge in [0, 0.05) is 33.0 Å². The van der Waals surface area contributed by atoms with Gasteiger partial charge in [0.1, 0.15) is 5.75 Å². The van der Waals surface area contributed by atoms with E-state index in [-0.39, 0.29) is 5.69 Å². The van der Waals surface area contributed by atoms with Gasteiger partial charge in [-0.25, -0.2) is 0 Å². The molecule has 0 saturated carbocycles. The third kappa shape index (κ3) is 3.80. The Bertz CT molecular complexity index is 679. The number of methoxy groups -OCH3 is 1. The van der Waals surface area contributed by atoms with Crippen molar-refractivity contribution in [2.75, 3.05) is 12.8 Å². The summed E-state index contributed by atoms with van der Waals surface area (Å²) >= 11 is 7.31. The molecule has 0 unspecified atom stereocenters. The average molecular weight is 325 g/mol. The molecule has 0 aliphatic carbocycles. The van der Waals surface area contributed by atoms with Crippen LogP contribution in [-0.4, -0.2) is 12.0 Å². The maximum absolute atomic E-state index is 11.0. The van der Waals surface area contributed by atoms with Gasteiger partial charge in [0.05, 0.1) is 12.0 Å².